The summed E-state index contributed by atoms with van der Waals surface area (Å²) in [4.78, 5) is 18.1. The van der Waals surface area contributed by atoms with Gasteiger partial charge < -0.3 is 15.3 Å². The van der Waals surface area contributed by atoms with Gasteiger partial charge in [-0.15, -0.1) is 0 Å². The van der Waals surface area contributed by atoms with Crippen LogP contribution in [-0.4, -0.2) is 42.7 Å². The second-order valence-electron chi connectivity index (χ2n) is 5.34. The number of aliphatic hydroxyl groups excluding tert-OH is 1. The molecule has 19 heavy (non-hydrogen) atoms. The highest BCUT2D eigenvalue weighted by molar-refractivity contribution is 5.94. The maximum absolute atomic E-state index is 12.0. The van der Waals surface area contributed by atoms with Crippen molar-refractivity contribution in [3.63, 3.8) is 0 Å². The fourth-order valence-corrected chi connectivity index (χ4v) is 2.38. The van der Waals surface area contributed by atoms with Gasteiger partial charge in [0.15, 0.2) is 0 Å². The topological polar surface area (TPSA) is 65.5 Å². The van der Waals surface area contributed by atoms with Crippen molar-refractivity contribution in [2.24, 2.45) is 5.92 Å². The van der Waals surface area contributed by atoms with E-state index in [2.05, 4.69) is 10.3 Å². The highest BCUT2D eigenvalue weighted by atomic mass is 16.3. The minimum absolute atomic E-state index is 0.0770. The van der Waals surface area contributed by atoms with Crippen molar-refractivity contribution >= 4 is 11.7 Å². The van der Waals surface area contributed by atoms with E-state index in [4.69, 9.17) is 0 Å². The van der Waals surface area contributed by atoms with Gasteiger partial charge in [-0.25, -0.2) is 4.98 Å². The molecule has 1 aliphatic rings. The van der Waals surface area contributed by atoms with Gasteiger partial charge in [0, 0.05) is 32.4 Å². The first-order valence-corrected chi connectivity index (χ1v) is 6.66. The first kappa shape index (κ1) is 13.8. The predicted octanol–water partition coefficient (Wildman–Crippen LogP) is 1.04. The molecule has 1 heterocycles. The number of aromatic nitrogens is 1. The molecule has 5 nitrogen and oxygen atoms in total. The molecule has 2 N–H and O–H groups in total. The van der Waals surface area contributed by atoms with E-state index in [1.165, 1.54) is 0 Å². The number of nitrogens with one attached hydrogen (secondary N) is 1. The number of anilines is 1. The van der Waals surface area contributed by atoms with Gasteiger partial charge in [-0.2, -0.15) is 0 Å². The zero-order valence-corrected chi connectivity index (χ0v) is 11.5. The maximum Gasteiger partial charge on any atom is 0.251 e. The Hall–Kier alpha value is -1.62. The van der Waals surface area contributed by atoms with Gasteiger partial charge in [0.1, 0.15) is 5.82 Å². The largest absolute Gasteiger partial charge is 0.393 e. The van der Waals surface area contributed by atoms with Crippen molar-refractivity contribution in [1.29, 1.82) is 0 Å². The highest BCUT2D eigenvalue weighted by Crippen LogP contribution is 2.24. The smallest absolute Gasteiger partial charge is 0.251 e. The van der Waals surface area contributed by atoms with E-state index in [9.17, 15) is 9.90 Å². The lowest BCUT2D eigenvalue weighted by molar-refractivity contribution is 0.0945. The average molecular weight is 263 g/mol. The number of amides is 1. The Morgan fingerprint density at radius 1 is 1.53 bits per heavy atom. The van der Waals surface area contributed by atoms with Crippen molar-refractivity contribution in [2.45, 2.75) is 25.4 Å². The molecule has 0 bridgehead atoms. The van der Waals surface area contributed by atoms with E-state index in [0.717, 1.165) is 25.1 Å². The Labute approximate surface area is 113 Å². The molecule has 1 aromatic heterocycles. The maximum atomic E-state index is 12.0. The lowest BCUT2D eigenvalue weighted by atomic mass is 10.1. The lowest BCUT2D eigenvalue weighted by Crippen LogP contribution is -2.28. The molecule has 1 fully saturated rings. The molecule has 1 saturated carbocycles. The molecular weight excluding hydrogens is 242 g/mol. The van der Waals surface area contributed by atoms with E-state index < -0.39 is 0 Å². The van der Waals surface area contributed by atoms with Gasteiger partial charge in [0.25, 0.3) is 5.91 Å². The van der Waals surface area contributed by atoms with Gasteiger partial charge >= 0.3 is 0 Å². The van der Waals surface area contributed by atoms with Crippen LogP contribution in [-0.2, 0) is 0 Å². The summed E-state index contributed by atoms with van der Waals surface area (Å²) in [6.45, 7) is 0.634. The van der Waals surface area contributed by atoms with Crippen LogP contribution in [0.25, 0.3) is 0 Å². The summed E-state index contributed by atoms with van der Waals surface area (Å²) in [6, 6.07) is 3.49. The van der Waals surface area contributed by atoms with Crippen molar-refractivity contribution in [3.05, 3.63) is 23.9 Å². The van der Waals surface area contributed by atoms with Crippen LogP contribution >= 0.6 is 0 Å². The highest BCUT2D eigenvalue weighted by Gasteiger charge is 2.23. The molecule has 0 spiro atoms. The number of aliphatic hydroxyl groups is 1. The Morgan fingerprint density at radius 2 is 2.32 bits per heavy atom. The quantitative estimate of drug-likeness (QED) is 0.852. The summed E-state index contributed by atoms with van der Waals surface area (Å²) in [6.07, 6.45) is 4.08. The van der Waals surface area contributed by atoms with Gasteiger partial charge in [0.2, 0.25) is 0 Å². The zero-order valence-electron chi connectivity index (χ0n) is 11.5. The molecule has 2 atom stereocenters. The SMILES string of the molecule is CN(C)c1cc(C(=O)NCC2CCC(O)C2)ccn1. The third-order valence-electron chi connectivity index (χ3n) is 3.53. The second kappa shape index (κ2) is 6.02. The van der Waals surface area contributed by atoms with Gasteiger partial charge in [0.05, 0.1) is 6.10 Å². The van der Waals surface area contributed by atoms with E-state index in [-0.39, 0.29) is 12.0 Å². The van der Waals surface area contributed by atoms with Crippen LogP contribution in [0.4, 0.5) is 5.82 Å². The normalized spacial score (nSPS) is 22.3. The van der Waals surface area contributed by atoms with Crippen LogP contribution in [0.15, 0.2) is 18.3 Å². The van der Waals surface area contributed by atoms with Crippen molar-refractivity contribution in [2.75, 3.05) is 25.5 Å². The monoisotopic (exact) mass is 263 g/mol. The number of nitrogens with zero attached hydrogens (tertiary/aromatic N) is 2. The fraction of sp³-hybridized carbons (Fsp3) is 0.571. The summed E-state index contributed by atoms with van der Waals surface area (Å²) in [7, 11) is 3.79. The van der Waals surface area contributed by atoms with Crippen molar-refractivity contribution in [1.82, 2.24) is 10.3 Å². The molecule has 0 radical (unpaired) electrons. The number of carbonyl (C=O) groups is 1. The number of pyridine rings is 1. The summed E-state index contributed by atoms with van der Waals surface area (Å²) in [5.74, 6) is 1.09. The first-order chi connectivity index (χ1) is 9.06. The van der Waals surface area contributed by atoms with Crippen LogP contribution in [0.2, 0.25) is 0 Å². The Bertz CT molecular complexity index is 448. The van der Waals surface area contributed by atoms with Crippen LogP contribution in [0.1, 0.15) is 29.6 Å². The van der Waals surface area contributed by atoms with Gasteiger partial charge in [-0.3, -0.25) is 4.79 Å². The third kappa shape index (κ3) is 3.67. The number of rotatable bonds is 4. The molecule has 104 valence electrons. The third-order valence-corrected chi connectivity index (χ3v) is 3.53. The van der Waals surface area contributed by atoms with Crippen molar-refractivity contribution < 1.29 is 9.90 Å². The van der Waals surface area contributed by atoms with Crippen LogP contribution < -0.4 is 10.2 Å². The Kier molecular flexibility index (Phi) is 4.37. The van der Waals surface area contributed by atoms with Crippen LogP contribution in [0, 0.1) is 5.92 Å². The van der Waals surface area contributed by atoms with Crippen molar-refractivity contribution in [3.8, 4) is 0 Å². The molecule has 1 aromatic rings. The molecule has 2 unspecified atom stereocenters. The Balaban J connectivity index is 1.90. The minimum atomic E-state index is -0.192. The summed E-state index contributed by atoms with van der Waals surface area (Å²) in [5, 5.41) is 12.4. The van der Waals surface area contributed by atoms with Crippen LogP contribution in [0.3, 0.4) is 0 Å². The van der Waals surface area contributed by atoms with Gasteiger partial charge in [-0.05, 0) is 37.3 Å². The molecule has 1 aliphatic carbocycles. The molecule has 5 heteroatoms. The predicted molar refractivity (Wildman–Crippen MR) is 74.2 cm³/mol. The number of hydrogen-bond acceptors (Lipinski definition) is 4. The Morgan fingerprint density at radius 3 is 2.95 bits per heavy atom. The summed E-state index contributed by atoms with van der Waals surface area (Å²) in [5.41, 5.74) is 0.622. The average Bonchev–Trinajstić information content (AvgIpc) is 2.82. The number of carbonyl (C=O) groups excluding carboxylic acids is 1. The summed E-state index contributed by atoms with van der Waals surface area (Å²) < 4.78 is 0. The molecule has 0 aromatic carbocycles. The van der Waals surface area contributed by atoms with E-state index in [1.54, 1.807) is 18.3 Å². The molecule has 2 rings (SSSR count). The lowest BCUT2D eigenvalue weighted by Gasteiger charge is -2.13. The summed E-state index contributed by atoms with van der Waals surface area (Å²) >= 11 is 0. The standard InChI is InChI=1S/C14H21N3O2/c1-17(2)13-8-11(5-6-15-13)14(19)16-9-10-3-4-12(18)7-10/h5-6,8,10,12,18H,3-4,7,9H2,1-2H3,(H,16,19). The second-order valence-corrected chi connectivity index (χ2v) is 5.34. The fourth-order valence-electron chi connectivity index (χ4n) is 2.38. The van der Waals surface area contributed by atoms with Gasteiger partial charge in [-0.1, -0.05) is 0 Å². The zero-order chi connectivity index (χ0) is 13.8. The molecule has 0 saturated heterocycles. The van der Waals surface area contributed by atoms with Crippen LogP contribution in [0.5, 0.6) is 0 Å². The number of hydrogen-bond donors (Lipinski definition) is 2. The van der Waals surface area contributed by atoms with E-state index in [1.807, 2.05) is 19.0 Å². The minimum Gasteiger partial charge on any atom is -0.393 e. The molecule has 1 amide bonds. The first-order valence-electron chi connectivity index (χ1n) is 6.66. The van der Waals surface area contributed by atoms with E-state index >= 15 is 0 Å². The molecular formula is C14H21N3O2. The van der Waals surface area contributed by atoms with E-state index in [0.29, 0.717) is 18.0 Å². The molecule has 0 aliphatic heterocycles.